The first-order valence-corrected chi connectivity index (χ1v) is 7.78. The molecule has 6 heteroatoms. The molecule has 0 aliphatic heterocycles. The number of carbonyl (C=O) groups is 2. The van der Waals surface area contributed by atoms with E-state index >= 15 is 0 Å². The number of nitrogens with one attached hydrogen (secondary N) is 2. The van der Waals surface area contributed by atoms with E-state index in [9.17, 15) is 9.59 Å². The van der Waals surface area contributed by atoms with E-state index in [2.05, 4.69) is 10.6 Å². The number of halogens is 1. The standard InChI is InChI=1S/C17H27N3O2.ClH/c1-5-10-20(17(22)14(3)11-18-4)12-16(21)19-15-9-7-6-8-13(15)2;/h6-9,14,18H,5,10-12H2,1-4H3,(H,19,21);1H. The predicted octanol–water partition coefficient (Wildman–Crippen LogP) is 2.45. The first-order chi connectivity index (χ1) is 10.5. The van der Waals surface area contributed by atoms with E-state index in [1.807, 2.05) is 52.1 Å². The summed E-state index contributed by atoms with van der Waals surface area (Å²) < 4.78 is 0. The van der Waals surface area contributed by atoms with Crippen molar-refractivity contribution in [3.63, 3.8) is 0 Å². The van der Waals surface area contributed by atoms with Gasteiger partial charge in [-0.3, -0.25) is 9.59 Å². The molecule has 0 heterocycles. The molecule has 2 N–H and O–H groups in total. The van der Waals surface area contributed by atoms with E-state index in [4.69, 9.17) is 0 Å². The van der Waals surface area contributed by atoms with Crippen LogP contribution in [0.4, 0.5) is 5.69 Å². The maximum Gasteiger partial charge on any atom is 0.244 e. The molecule has 0 spiro atoms. The topological polar surface area (TPSA) is 61.4 Å². The molecule has 0 saturated heterocycles. The Morgan fingerprint density at radius 1 is 1.26 bits per heavy atom. The van der Waals surface area contributed by atoms with Crippen molar-refractivity contribution in [1.82, 2.24) is 10.2 Å². The molecule has 0 saturated carbocycles. The molecule has 130 valence electrons. The Morgan fingerprint density at radius 2 is 1.91 bits per heavy atom. The average Bonchev–Trinajstić information content (AvgIpc) is 2.48. The third-order valence-corrected chi connectivity index (χ3v) is 3.49. The number of anilines is 1. The number of para-hydroxylation sites is 1. The minimum Gasteiger partial charge on any atom is -0.333 e. The summed E-state index contributed by atoms with van der Waals surface area (Å²) in [5, 5.41) is 5.87. The lowest BCUT2D eigenvalue weighted by molar-refractivity contribution is -0.137. The average molecular weight is 342 g/mol. The van der Waals surface area contributed by atoms with Crippen molar-refractivity contribution in [2.75, 3.05) is 32.0 Å². The molecular weight excluding hydrogens is 314 g/mol. The van der Waals surface area contributed by atoms with Gasteiger partial charge >= 0.3 is 0 Å². The highest BCUT2D eigenvalue weighted by Crippen LogP contribution is 2.13. The van der Waals surface area contributed by atoms with E-state index in [1.54, 1.807) is 4.90 Å². The van der Waals surface area contributed by atoms with Gasteiger partial charge in [-0.15, -0.1) is 12.4 Å². The zero-order valence-electron chi connectivity index (χ0n) is 14.4. The number of rotatable bonds is 8. The molecular formula is C17H28ClN3O2. The van der Waals surface area contributed by atoms with Gasteiger partial charge in [-0.1, -0.05) is 32.0 Å². The maximum absolute atomic E-state index is 12.4. The Balaban J connectivity index is 0.00000484. The third-order valence-electron chi connectivity index (χ3n) is 3.49. The summed E-state index contributed by atoms with van der Waals surface area (Å²) >= 11 is 0. The molecule has 2 amide bonds. The summed E-state index contributed by atoms with van der Waals surface area (Å²) in [5.41, 5.74) is 1.80. The minimum atomic E-state index is -0.159. The van der Waals surface area contributed by atoms with Crippen LogP contribution >= 0.6 is 12.4 Å². The zero-order valence-corrected chi connectivity index (χ0v) is 15.2. The SMILES string of the molecule is CCCN(CC(=O)Nc1ccccc1C)C(=O)C(C)CNC.Cl. The van der Waals surface area contributed by atoms with Gasteiger partial charge in [0.15, 0.2) is 0 Å². The Hall–Kier alpha value is -1.59. The number of benzene rings is 1. The second-order valence-corrected chi connectivity index (χ2v) is 5.58. The van der Waals surface area contributed by atoms with Crippen molar-refractivity contribution in [2.24, 2.45) is 5.92 Å². The lowest BCUT2D eigenvalue weighted by Crippen LogP contribution is -2.43. The van der Waals surface area contributed by atoms with E-state index in [0.29, 0.717) is 13.1 Å². The van der Waals surface area contributed by atoms with Crippen LogP contribution in [-0.4, -0.2) is 43.4 Å². The van der Waals surface area contributed by atoms with Gasteiger partial charge in [-0.2, -0.15) is 0 Å². The molecule has 1 aromatic carbocycles. The van der Waals surface area contributed by atoms with Crippen molar-refractivity contribution in [3.8, 4) is 0 Å². The van der Waals surface area contributed by atoms with E-state index < -0.39 is 0 Å². The number of amides is 2. The summed E-state index contributed by atoms with van der Waals surface area (Å²) in [6.07, 6.45) is 0.829. The first-order valence-electron chi connectivity index (χ1n) is 7.78. The summed E-state index contributed by atoms with van der Waals surface area (Å²) in [6, 6.07) is 7.62. The largest absolute Gasteiger partial charge is 0.333 e. The predicted molar refractivity (Wildman–Crippen MR) is 97.0 cm³/mol. The highest BCUT2D eigenvalue weighted by atomic mass is 35.5. The fourth-order valence-corrected chi connectivity index (χ4v) is 2.32. The molecule has 0 radical (unpaired) electrons. The van der Waals surface area contributed by atoms with Crippen molar-refractivity contribution >= 4 is 29.9 Å². The highest BCUT2D eigenvalue weighted by molar-refractivity contribution is 5.95. The second-order valence-electron chi connectivity index (χ2n) is 5.58. The van der Waals surface area contributed by atoms with Crippen molar-refractivity contribution < 1.29 is 9.59 Å². The van der Waals surface area contributed by atoms with Gasteiger partial charge in [0.05, 0.1) is 6.54 Å². The number of nitrogens with zero attached hydrogens (tertiary/aromatic N) is 1. The van der Waals surface area contributed by atoms with E-state index in [-0.39, 0.29) is 36.7 Å². The minimum absolute atomic E-state index is 0. The molecule has 1 atom stereocenters. The normalized spacial score (nSPS) is 11.3. The summed E-state index contributed by atoms with van der Waals surface area (Å²) in [7, 11) is 1.82. The summed E-state index contributed by atoms with van der Waals surface area (Å²) in [6.45, 7) is 7.12. The maximum atomic E-state index is 12.4. The Labute approximate surface area is 145 Å². The van der Waals surface area contributed by atoms with Crippen LogP contribution in [0, 0.1) is 12.8 Å². The Morgan fingerprint density at radius 3 is 2.48 bits per heavy atom. The first kappa shape index (κ1) is 21.4. The monoisotopic (exact) mass is 341 g/mol. The van der Waals surface area contributed by atoms with Gasteiger partial charge < -0.3 is 15.5 Å². The van der Waals surface area contributed by atoms with Crippen molar-refractivity contribution in [3.05, 3.63) is 29.8 Å². The van der Waals surface area contributed by atoms with Crippen LogP contribution < -0.4 is 10.6 Å². The molecule has 0 aromatic heterocycles. The van der Waals surface area contributed by atoms with Crippen LogP contribution in [0.25, 0.3) is 0 Å². The van der Waals surface area contributed by atoms with Gasteiger partial charge in [0.25, 0.3) is 0 Å². The van der Waals surface area contributed by atoms with Crippen molar-refractivity contribution in [2.45, 2.75) is 27.2 Å². The number of hydrogen-bond donors (Lipinski definition) is 2. The van der Waals surface area contributed by atoms with Gasteiger partial charge in [0.1, 0.15) is 0 Å². The van der Waals surface area contributed by atoms with Gasteiger partial charge in [-0.05, 0) is 32.0 Å². The van der Waals surface area contributed by atoms with Crippen molar-refractivity contribution in [1.29, 1.82) is 0 Å². The molecule has 1 rings (SSSR count). The molecule has 0 bridgehead atoms. The van der Waals surface area contributed by atoms with E-state index in [0.717, 1.165) is 17.7 Å². The molecule has 0 fully saturated rings. The lowest BCUT2D eigenvalue weighted by Gasteiger charge is -2.25. The zero-order chi connectivity index (χ0) is 16.5. The Kier molecular flexibility index (Phi) is 10.3. The lowest BCUT2D eigenvalue weighted by atomic mass is 10.1. The number of carbonyl (C=O) groups excluding carboxylic acids is 2. The molecule has 0 aliphatic rings. The van der Waals surface area contributed by atoms with Gasteiger partial charge in [0, 0.05) is 24.7 Å². The number of hydrogen-bond acceptors (Lipinski definition) is 3. The van der Waals surface area contributed by atoms with Gasteiger partial charge in [0.2, 0.25) is 11.8 Å². The smallest absolute Gasteiger partial charge is 0.244 e. The molecule has 1 aromatic rings. The van der Waals surface area contributed by atoms with Crippen LogP contribution in [0.3, 0.4) is 0 Å². The fraction of sp³-hybridized carbons (Fsp3) is 0.529. The van der Waals surface area contributed by atoms with Crippen LogP contribution in [0.15, 0.2) is 24.3 Å². The second kappa shape index (κ2) is 11.0. The van der Waals surface area contributed by atoms with Gasteiger partial charge in [-0.25, -0.2) is 0 Å². The Bertz CT molecular complexity index is 508. The summed E-state index contributed by atoms with van der Waals surface area (Å²) in [4.78, 5) is 26.2. The third kappa shape index (κ3) is 7.01. The highest BCUT2D eigenvalue weighted by Gasteiger charge is 2.21. The van der Waals surface area contributed by atoms with E-state index in [1.165, 1.54) is 0 Å². The summed E-state index contributed by atoms with van der Waals surface area (Å²) in [5.74, 6) is -0.285. The van der Waals surface area contributed by atoms with Crippen LogP contribution in [-0.2, 0) is 9.59 Å². The van der Waals surface area contributed by atoms with Crippen LogP contribution in [0.5, 0.6) is 0 Å². The molecule has 23 heavy (non-hydrogen) atoms. The molecule has 1 unspecified atom stereocenters. The molecule has 0 aliphatic carbocycles. The molecule has 5 nitrogen and oxygen atoms in total. The fourth-order valence-electron chi connectivity index (χ4n) is 2.32. The van der Waals surface area contributed by atoms with Crippen LogP contribution in [0.2, 0.25) is 0 Å². The number of aryl methyl sites for hydroxylation is 1. The quantitative estimate of drug-likeness (QED) is 0.763. The van der Waals surface area contributed by atoms with Crippen LogP contribution in [0.1, 0.15) is 25.8 Å².